The summed E-state index contributed by atoms with van der Waals surface area (Å²) < 4.78 is 0. The Hall–Kier alpha value is -1.38. The van der Waals surface area contributed by atoms with E-state index in [1.165, 1.54) is 22.3 Å². The summed E-state index contributed by atoms with van der Waals surface area (Å²) in [6.07, 6.45) is 6.23. The lowest BCUT2D eigenvalue weighted by Gasteiger charge is -2.13. The highest BCUT2D eigenvalue weighted by Crippen LogP contribution is 2.28. The Morgan fingerprint density at radius 2 is 1.33 bits per heavy atom. The van der Waals surface area contributed by atoms with Crippen molar-refractivity contribution in [2.75, 3.05) is 0 Å². The van der Waals surface area contributed by atoms with Gasteiger partial charge in [-0.2, -0.15) is 0 Å². The van der Waals surface area contributed by atoms with E-state index in [1.54, 1.807) is 0 Å². The number of rotatable bonds is 4. The van der Waals surface area contributed by atoms with Crippen molar-refractivity contribution in [1.82, 2.24) is 9.97 Å². The van der Waals surface area contributed by atoms with Crippen molar-refractivity contribution in [1.29, 1.82) is 0 Å². The molecule has 0 fully saturated rings. The predicted molar refractivity (Wildman–Crippen MR) is 77.4 cm³/mol. The van der Waals surface area contributed by atoms with Crippen LogP contribution < -0.4 is 0 Å². The Morgan fingerprint density at radius 1 is 0.944 bits per heavy atom. The van der Waals surface area contributed by atoms with E-state index in [0.29, 0.717) is 0 Å². The van der Waals surface area contributed by atoms with Crippen LogP contribution >= 0.6 is 0 Å². The fraction of sp³-hybridized carbons (Fsp3) is 0.467. The average molecular weight is 240 g/mol. The maximum Gasteiger partial charge on any atom is 0.0869 e. The third kappa shape index (κ3) is 2.02. The second kappa shape index (κ2) is 5.09. The van der Waals surface area contributed by atoms with Crippen LogP contribution in [-0.4, -0.2) is 17.8 Å². The lowest BCUT2D eigenvalue weighted by atomic mass is 9.78. The van der Waals surface area contributed by atoms with Gasteiger partial charge in [-0.3, -0.25) is 0 Å². The molecule has 0 spiro atoms. The van der Waals surface area contributed by atoms with Crippen molar-refractivity contribution in [2.24, 2.45) is 0 Å². The van der Waals surface area contributed by atoms with E-state index in [9.17, 15) is 0 Å². The highest BCUT2D eigenvalue weighted by molar-refractivity contribution is 6.14. The number of H-pyrrole nitrogens is 2. The number of aryl methyl sites for hydroxylation is 2. The summed E-state index contributed by atoms with van der Waals surface area (Å²) in [5.74, 6) is -0.0920. The SMILES string of the molecule is [B]C(c1[nH]cc(CC)c1C)c1[nH]cc(CC)c1C. The van der Waals surface area contributed by atoms with Crippen LogP contribution in [0.3, 0.4) is 0 Å². The number of aromatic amines is 2. The molecule has 2 heterocycles. The van der Waals surface area contributed by atoms with Gasteiger partial charge in [0.25, 0.3) is 0 Å². The molecule has 0 aliphatic heterocycles. The normalized spacial score (nSPS) is 11.4. The fourth-order valence-corrected chi connectivity index (χ4v) is 2.63. The van der Waals surface area contributed by atoms with Gasteiger partial charge in [0.1, 0.15) is 0 Å². The predicted octanol–water partition coefficient (Wildman–Crippen LogP) is 3.34. The second-order valence-electron chi connectivity index (χ2n) is 4.89. The van der Waals surface area contributed by atoms with E-state index < -0.39 is 0 Å². The maximum atomic E-state index is 6.39. The molecule has 0 atom stereocenters. The minimum absolute atomic E-state index is 0.0920. The molecule has 94 valence electrons. The van der Waals surface area contributed by atoms with E-state index in [-0.39, 0.29) is 5.82 Å². The molecule has 0 aliphatic rings. The van der Waals surface area contributed by atoms with E-state index >= 15 is 0 Å². The first-order valence-corrected chi connectivity index (χ1v) is 6.69. The summed E-state index contributed by atoms with van der Waals surface area (Å²) in [6, 6.07) is 0. The second-order valence-corrected chi connectivity index (χ2v) is 4.89. The molecule has 18 heavy (non-hydrogen) atoms. The van der Waals surface area contributed by atoms with Gasteiger partial charge >= 0.3 is 0 Å². The molecule has 0 bridgehead atoms. The first-order chi connectivity index (χ1) is 8.60. The number of nitrogens with one attached hydrogen (secondary N) is 2. The highest BCUT2D eigenvalue weighted by atomic mass is 14.7. The monoisotopic (exact) mass is 240 g/mol. The lowest BCUT2D eigenvalue weighted by molar-refractivity contribution is 0.982. The first-order valence-electron chi connectivity index (χ1n) is 6.69. The molecule has 2 aromatic rings. The smallest absolute Gasteiger partial charge is 0.0869 e. The van der Waals surface area contributed by atoms with Gasteiger partial charge in [-0.1, -0.05) is 13.8 Å². The van der Waals surface area contributed by atoms with Gasteiger partial charge in [-0.05, 0) is 48.9 Å². The van der Waals surface area contributed by atoms with Crippen LogP contribution in [0.2, 0.25) is 0 Å². The van der Waals surface area contributed by atoms with Crippen LogP contribution in [0.1, 0.15) is 53.3 Å². The van der Waals surface area contributed by atoms with Crippen molar-refractivity contribution in [3.8, 4) is 0 Å². The average Bonchev–Trinajstić information content (AvgIpc) is 2.91. The Bertz CT molecular complexity index is 488. The third-order valence-corrected chi connectivity index (χ3v) is 3.96. The molecular formula is C15H21BN2. The van der Waals surface area contributed by atoms with Gasteiger partial charge < -0.3 is 9.97 Å². The molecule has 2 nitrogen and oxygen atoms in total. The van der Waals surface area contributed by atoms with Crippen LogP contribution in [0.4, 0.5) is 0 Å². The van der Waals surface area contributed by atoms with Gasteiger partial charge in [0.15, 0.2) is 0 Å². The summed E-state index contributed by atoms with van der Waals surface area (Å²) in [5.41, 5.74) is 7.52. The zero-order valence-electron chi connectivity index (χ0n) is 11.7. The Morgan fingerprint density at radius 3 is 1.61 bits per heavy atom. The van der Waals surface area contributed by atoms with Crippen molar-refractivity contribution < 1.29 is 0 Å². The molecule has 2 radical (unpaired) electrons. The van der Waals surface area contributed by atoms with E-state index in [1.807, 2.05) is 0 Å². The summed E-state index contributed by atoms with van der Waals surface area (Å²) >= 11 is 0. The van der Waals surface area contributed by atoms with Crippen LogP contribution in [0.25, 0.3) is 0 Å². The molecule has 0 aromatic carbocycles. The van der Waals surface area contributed by atoms with Gasteiger partial charge in [0.2, 0.25) is 0 Å². The Labute approximate surface area is 111 Å². The highest BCUT2D eigenvalue weighted by Gasteiger charge is 2.18. The molecule has 0 aliphatic carbocycles. The zero-order chi connectivity index (χ0) is 13.3. The minimum atomic E-state index is -0.0920. The third-order valence-electron chi connectivity index (χ3n) is 3.96. The van der Waals surface area contributed by atoms with Gasteiger partial charge in [-0.25, -0.2) is 0 Å². The Balaban J connectivity index is 2.38. The molecule has 2 N–H and O–H groups in total. The molecule has 0 saturated heterocycles. The number of hydrogen-bond donors (Lipinski definition) is 2. The summed E-state index contributed by atoms with van der Waals surface area (Å²) in [4.78, 5) is 6.67. The van der Waals surface area contributed by atoms with Gasteiger partial charge in [-0.15, -0.1) is 0 Å². The van der Waals surface area contributed by atoms with Crippen molar-refractivity contribution >= 4 is 7.85 Å². The summed E-state index contributed by atoms with van der Waals surface area (Å²) in [7, 11) is 6.39. The maximum absolute atomic E-state index is 6.39. The molecular weight excluding hydrogens is 219 g/mol. The fourth-order valence-electron chi connectivity index (χ4n) is 2.63. The number of hydrogen-bond acceptors (Lipinski definition) is 0. The molecule has 0 amide bonds. The van der Waals surface area contributed by atoms with Crippen molar-refractivity contribution in [2.45, 2.75) is 46.4 Å². The van der Waals surface area contributed by atoms with Crippen LogP contribution in [0, 0.1) is 13.8 Å². The topological polar surface area (TPSA) is 31.6 Å². The number of aromatic nitrogens is 2. The minimum Gasteiger partial charge on any atom is -0.365 e. The molecule has 0 unspecified atom stereocenters. The van der Waals surface area contributed by atoms with Crippen LogP contribution in [-0.2, 0) is 12.8 Å². The molecule has 3 heteroatoms. The van der Waals surface area contributed by atoms with E-state index in [2.05, 4.69) is 50.1 Å². The Kier molecular flexibility index (Phi) is 3.69. The molecule has 0 saturated carbocycles. The summed E-state index contributed by atoms with van der Waals surface area (Å²) in [6.45, 7) is 8.62. The van der Waals surface area contributed by atoms with Crippen molar-refractivity contribution in [3.63, 3.8) is 0 Å². The molecule has 2 rings (SSSR count). The first kappa shape index (κ1) is 13.1. The van der Waals surface area contributed by atoms with E-state index in [0.717, 1.165) is 24.2 Å². The van der Waals surface area contributed by atoms with Gasteiger partial charge in [0, 0.05) is 29.6 Å². The van der Waals surface area contributed by atoms with Crippen molar-refractivity contribution in [3.05, 3.63) is 46.0 Å². The largest absolute Gasteiger partial charge is 0.365 e. The van der Waals surface area contributed by atoms with Gasteiger partial charge in [0.05, 0.1) is 7.85 Å². The quantitative estimate of drug-likeness (QED) is 0.768. The standard InChI is InChI=1S/C15H21BN2/c1-5-11-7-17-14(9(11)3)13(16)15-10(4)12(6-2)8-18-15/h7-8,13,17-18H,5-6H2,1-4H3. The molecule has 2 aromatic heterocycles. The zero-order valence-corrected chi connectivity index (χ0v) is 11.7. The van der Waals surface area contributed by atoms with Crippen LogP contribution in [0.15, 0.2) is 12.4 Å². The van der Waals surface area contributed by atoms with E-state index in [4.69, 9.17) is 7.85 Å². The summed E-state index contributed by atoms with van der Waals surface area (Å²) in [5, 5.41) is 0. The lowest BCUT2D eigenvalue weighted by Crippen LogP contribution is -2.05. The van der Waals surface area contributed by atoms with Crippen LogP contribution in [0.5, 0.6) is 0 Å².